The van der Waals surface area contributed by atoms with Crippen molar-refractivity contribution in [2.24, 2.45) is 0 Å². The highest BCUT2D eigenvalue weighted by molar-refractivity contribution is 5.95. The van der Waals surface area contributed by atoms with E-state index in [4.69, 9.17) is 18.9 Å². The van der Waals surface area contributed by atoms with Gasteiger partial charge < -0.3 is 24.1 Å². The van der Waals surface area contributed by atoms with E-state index >= 15 is 0 Å². The van der Waals surface area contributed by atoms with Gasteiger partial charge in [0.25, 0.3) is 11.5 Å². The fraction of sp³-hybridized carbons (Fsp3) is 0.237. The summed E-state index contributed by atoms with van der Waals surface area (Å²) in [4.78, 5) is 40.3. The summed E-state index contributed by atoms with van der Waals surface area (Å²) in [5.74, 6) is 0.598. The van der Waals surface area contributed by atoms with Crippen LogP contribution in [0.4, 0.5) is 0 Å². The maximum Gasteiger partial charge on any atom is 0.340 e. The molecule has 10 nitrogen and oxygen atoms in total. The topological polar surface area (TPSA) is 118 Å². The summed E-state index contributed by atoms with van der Waals surface area (Å²) in [6.45, 7) is 1.13. The quantitative estimate of drug-likeness (QED) is 0.217. The number of methoxy groups -OCH3 is 2. The highest BCUT2D eigenvalue weighted by Crippen LogP contribution is 2.45. The molecule has 0 saturated carbocycles. The van der Waals surface area contributed by atoms with Gasteiger partial charge in [-0.1, -0.05) is 72.8 Å². The first kappa shape index (κ1) is 32.6. The van der Waals surface area contributed by atoms with Gasteiger partial charge in [-0.3, -0.25) is 14.2 Å². The van der Waals surface area contributed by atoms with Crippen LogP contribution in [-0.2, 0) is 15.1 Å². The summed E-state index contributed by atoms with van der Waals surface area (Å²) >= 11 is 0. The Labute approximate surface area is 277 Å². The van der Waals surface area contributed by atoms with E-state index in [1.54, 1.807) is 44.6 Å². The summed E-state index contributed by atoms with van der Waals surface area (Å²) < 4.78 is 26.2. The number of hydrogen-bond donors (Lipinski definition) is 1. The van der Waals surface area contributed by atoms with Crippen LogP contribution in [0.15, 0.2) is 125 Å². The summed E-state index contributed by atoms with van der Waals surface area (Å²) in [5.41, 5.74) is 0.00190. The molecular formula is C38H36N2O8. The van der Waals surface area contributed by atoms with Crippen LogP contribution < -0.4 is 20.7 Å². The largest absolute Gasteiger partial charge is 0.497 e. The number of nitrogens with zero attached hydrogens (tertiary/aromatic N) is 2. The van der Waals surface area contributed by atoms with Crippen molar-refractivity contribution >= 4 is 5.91 Å². The molecule has 4 aromatic carbocycles. The van der Waals surface area contributed by atoms with Crippen molar-refractivity contribution < 1.29 is 28.8 Å². The number of aromatic nitrogens is 2. The third-order valence-electron chi connectivity index (χ3n) is 8.68. The number of aliphatic hydroxyl groups excluding tert-OH is 1. The molecule has 0 aliphatic carbocycles. The van der Waals surface area contributed by atoms with Crippen LogP contribution >= 0.6 is 0 Å². The zero-order valence-electron chi connectivity index (χ0n) is 26.8. The molecule has 6 rings (SSSR count). The van der Waals surface area contributed by atoms with Gasteiger partial charge >= 0.3 is 5.69 Å². The lowest BCUT2D eigenvalue weighted by molar-refractivity contribution is -0.0995. The van der Waals surface area contributed by atoms with Gasteiger partial charge in [0.1, 0.15) is 29.4 Å². The summed E-state index contributed by atoms with van der Waals surface area (Å²) in [5, 5.41) is 10.6. The second kappa shape index (κ2) is 13.8. The van der Waals surface area contributed by atoms with Crippen LogP contribution in [-0.4, -0.2) is 53.2 Å². The number of aliphatic hydroxyl groups is 1. The van der Waals surface area contributed by atoms with Crippen molar-refractivity contribution in [2.45, 2.75) is 37.4 Å². The molecule has 1 fully saturated rings. The van der Waals surface area contributed by atoms with E-state index < -0.39 is 47.8 Å². The standard InChI is InChI=1S/C38H36N2O8/c1-25-23-39(37(44)40(35(25)42)36(43)26-10-6-4-7-11-26)34-22-32(33(24-41)47-34)48-38(27-12-8-5-9-13-27,28-14-18-30(45-2)19-15-28)29-16-20-31(46-3)21-17-29/h4-21,23,32-34,41H,22,24H2,1-3H3/t32-,33+,34+/m0/s1. The third kappa shape index (κ3) is 5.97. The molecule has 5 aromatic rings. The predicted octanol–water partition coefficient (Wildman–Crippen LogP) is 4.68. The Morgan fingerprint density at radius 2 is 1.33 bits per heavy atom. The van der Waals surface area contributed by atoms with Gasteiger partial charge in [0.05, 0.1) is 26.9 Å². The molecule has 0 unspecified atom stereocenters. The number of benzene rings is 4. The number of rotatable bonds is 10. The second-order valence-electron chi connectivity index (χ2n) is 11.5. The van der Waals surface area contributed by atoms with Gasteiger partial charge in [0.2, 0.25) is 0 Å². The zero-order chi connectivity index (χ0) is 33.8. The van der Waals surface area contributed by atoms with Crippen molar-refractivity contribution in [3.63, 3.8) is 0 Å². The molecule has 1 N–H and O–H groups in total. The lowest BCUT2D eigenvalue weighted by atomic mass is 9.79. The lowest BCUT2D eigenvalue weighted by Gasteiger charge is -2.39. The molecule has 1 aliphatic heterocycles. The minimum atomic E-state index is -1.21. The molecule has 246 valence electrons. The van der Waals surface area contributed by atoms with Crippen LogP contribution in [0.1, 0.15) is 45.3 Å². The Hall–Kier alpha value is -5.29. The van der Waals surface area contributed by atoms with Crippen molar-refractivity contribution in [3.05, 3.63) is 164 Å². The molecule has 1 aromatic heterocycles. The second-order valence-corrected chi connectivity index (χ2v) is 11.5. The maximum atomic E-state index is 13.8. The van der Waals surface area contributed by atoms with E-state index in [0.717, 1.165) is 16.7 Å². The van der Waals surface area contributed by atoms with E-state index in [0.29, 0.717) is 16.1 Å². The molecule has 1 aliphatic rings. The summed E-state index contributed by atoms with van der Waals surface area (Å²) in [6.07, 6.45) is -1.04. The highest BCUT2D eigenvalue weighted by atomic mass is 16.6. The van der Waals surface area contributed by atoms with Crippen LogP contribution in [0.3, 0.4) is 0 Å². The smallest absolute Gasteiger partial charge is 0.340 e. The normalized spacial score (nSPS) is 17.6. The van der Waals surface area contributed by atoms with E-state index in [1.807, 2.05) is 78.9 Å². The molecule has 10 heteroatoms. The Morgan fingerprint density at radius 1 is 0.812 bits per heavy atom. The van der Waals surface area contributed by atoms with E-state index in [2.05, 4.69) is 0 Å². The SMILES string of the molecule is COc1ccc(C(O[C@H]2C[C@H](n3cc(C)c(=O)n(C(=O)c4ccccc4)c3=O)O[C@@H]2CO)(c2ccccc2)c2ccc(OC)cc2)cc1. The average molecular weight is 649 g/mol. The highest BCUT2D eigenvalue weighted by Gasteiger charge is 2.46. The van der Waals surface area contributed by atoms with Crippen LogP contribution in [0.5, 0.6) is 11.5 Å². The fourth-order valence-electron chi connectivity index (χ4n) is 6.21. The molecule has 2 heterocycles. The lowest BCUT2D eigenvalue weighted by Crippen LogP contribution is -2.45. The summed E-state index contributed by atoms with van der Waals surface area (Å²) in [7, 11) is 3.20. The Morgan fingerprint density at radius 3 is 1.85 bits per heavy atom. The van der Waals surface area contributed by atoms with Gasteiger partial charge in [-0.05, 0) is 60.0 Å². The van der Waals surface area contributed by atoms with E-state index in [9.17, 15) is 19.5 Å². The van der Waals surface area contributed by atoms with Gasteiger partial charge in [0, 0.05) is 23.7 Å². The minimum Gasteiger partial charge on any atom is -0.497 e. The first-order chi connectivity index (χ1) is 23.3. The first-order valence-corrected chi connectivity index (χ1v) is 15.5. The number of carbonyl (C=O) groups excluding carboxylic acids is 1. The molecule has 48 heavy (non-hydrogen) atoms. The fourth-order valence-corrected chi connectivity index (χ4v) is 6.21. The molecular weight excluding hydrogens is 612 g/mol. The van der Waals surface area contributed by atoms with Gasteiger partial charge in [0.15, 0.2) is 0 Å². The Balaban J connectivity index is 1.46. The number of carbonyl (C=O) groups is 1. The van der Waals surface area contributed by atoms with Crippen LogP contribution in [0, 0.1) is 6.92 Å². The Kier molecular flexibility index (Phi) is 9.40. The Bertz CT molecular complexity index is 1940. The van der Waals surface area contributed by atoms with Crippen molar-refractivity contribution in [1.82, 2.24) is 9.13 Å². The number of hydrogen-bond acceptors (Lipinski definition) is 8. The molecule has 0 amide bonds. The van der Waals surface area contributed by atoms with Crippen LogP contribution in [0.25, 0.3) is 0 Å². The summed E-state index contributed by atoms with van der Waals surface area (Å²) in [6, 6.07) is 33.0. The molecule has 0 bridgehead atoms. The number of aryl methyl sites for hydroxylation is 1. The molecule has 1 saturated heterocycles. The minimum absolute atomic E-state index is 0.128. The average Bonchev–Trinajstić information content (AvgIpc) is 3.55. The zero-order valence-corrected chi connectivity index (χ0v) is 26.8. The first-order valence-electron chi connectivity index (χ1n) is 15.5. The van der Waals surface area contributed by atoms with Gasteiger partial charge in [-0.15, -0.1) is 0 Å². The van der Waals surface area contributed by atoms with Crippen molar-refractivity contribution in [2.75, 3.05) is 20.8 Å². The van der Waals surface area contributed by atoms with E-state index in [1.165, 1.54) is 17.7 Å². The number of ether oxygens (including phenoxy) is 4. The molecule has 0 radical (unpaired) electrons. The monoisotopic (exact) mass is 648 g/mol. The molecule has 3 atom stereocenters. The van der Waals surface area contributed by atoms with E-state index in [-0.39, 0.29) is 17.5 Å². The third-order valence-corrected chi connectivity index (χ3v) is 8.68. The van der Waals surface area contributed by atoms with Gasteiger partial charge in [-0.2, -0.15) is 4.57 Å². The maximum absolute atomic E-state index is 13.8. The van der Waals surface area contributed by atoms with Gasteiger partial charge in [-0.25, -0.2) is 4.79 Å². The van der Waals surface area contributed by atoms with Crippen molar-refractivity contribution in [3.8, 4) is 11.5 Å². The molecule has 0 spiro atoms. The van der Waals surface area contributed by atoms with Crippen LogP contribution in [0.2, 0.25) is 0 Å². The predicted molar refractivity (Wildman–Crippen MR) is 179 cm³/mol. The van der Waals surface area contributed by atoms with Crippen molar-refractivity contribution in [1.29, 1.82) is 0 Å².